The molecule has 3 N–H and O–H groups in total. The SMILES string of the molecule is CSc1nnc(C[NH3+])o1. The van der Waals surface area contributed by atoms with Gasteiger partial charge in [-0.1, -0.05) is 11.8 Å². The average molecular weight is 146 g/mol. The van der Waals surface area contributed by atoms with Gasteiger partial charge in [0.2, 0.25) is 0 Å². The lowest BCUT2D eigenvalue weighted by atomic mass is 10.7. The van der Waals surface area contributed by atoms with Gasteiger partial charge >= 0.3 is 0 Å². The van der Waals surface area contributed by atoms with E-state index in [2.05, 4.69) is 15.9 Å². The third kappa shape index (κ3) is 1.43. The molecule has 1 rings (SSSR count). The van der Waals surface area contributed by atoms with Crippen LogP contribution in [-0.2, 0) is 6.54 Å². The lowest BCUT2D eigenvalue weighted by Gasteiger charge is -1.79. The summed E-state index contributed by atoms with van der Waals surface area (Å²) in [4.78, 5) is 0. The van der Waals surface area contributed by atoms with Crippen molar-refractivity contribution in [2.75, 3.05) is 6.26 Å². The molecule has 0 amide bonds. The Labute approximate surface area is 56.8 Å². The Morgan fingerprint density at radius 3 is 2.78 bits per heavy atom. The van der Waals surface area contributed by atoms with Gasteiger partial charge < -0.3 is 10.2 Å². The molecule has 1 heterocycles. The quantitative estimate of drug-likeness (QED) is 0.573. The smallest absolute Gasteiger partial charge is 0.276 e. The lowest BCUT2D eigenvalue weighted by Crippen LogP contribution is -2.47. The van der Waals surface area contributed by atoms with Gasteiger partial charge in [0.15, 0.2) is 6.54 Å². The number of hydrogen-bond donors (Lipinski definition) is 1. The number of hydrogen-bond acceptors (Lipinski definition) is 4. The summed E-state index contributed by atoms with van der Waals surface area (Å²) in [5.74, 6) is 0.597. The molecular weight excluding hydrogens is 138 g/mol. The van der Waals surface area contributed by atoms with Crippen LogP contribution >= 0.6 is 11.8 Å². The maximum absolute atomic E-state index is 5.06. The molecule has 0 bridgehead atoms. The first-order chi connectivity index (χ1) is 4.36. The standard InChI is InChI=1S/C4H7N3OS/c1-9-4-7-6-3(2-5)8-4/h2,5H2,1H3/p+1. The molecule has 0 aromatic carbocycles. The molecule has 1 aromatic rings. The second-order valence-electron chi connectivity index (χ2n) is 1.42. The maximum Gasteiger partial charge on any atom is 0.276 e. The molecule has 1 aromatic heterocycles. The molecule has 0 aliphatic heterocycles. The van der Waals surface area contributed by atoms with E-state index in [0.29, 0.717) is 17.7 Å². The summed E-state index contributed by atoms with van der Waals surface area (Å²) in [6.45, 7) is 0.563. The molecule has 0 saturated carbocycles. The van der Waals surface area contributed by atoms with Gasteiger partial charge in [0.1, 0.15) is 0 Å². The van der Waals surface area contributed by atoms with Crippen LogP contribution in [0.3, 0.4) is 0 Å². The van der Waals surface area contributed by atoms with Crippen molar-refractivity contribution < 1.29 is 10.2 Å². The highest BCUT2D eigenvalue weighted by molar-refractivity contribution is 7.98. The molecule has 0 atom stereocenters. The maximum atomic E-state index is 5.06. The number of rotatable bonds is 2. The molecule has 0 fully saturated rings. The van der Waals surface area contributed by atoms with Crippen LogP contribution in [0.25, 0.3) is 0 Å². The Morgan fingerprint density at radius 1 is 1.67 bits per heavy atom. The van der Waals surface area contributed by atoms with Gasteiger partial charge in [0.25, 0.3) is 11.1 Å². The summed E-state index contributed by atoms with van der Waals surface area (Å²) in [6, 6.07) is 0. The van der Waals surface area contributed by atoms with Gasteiger partial charge in [-0.3, -0.25) is 0 Å². The monoisotopic (exact) mass is 146 g/mol. The molecule has 9 heavy (non-hydrogen) atoms. The molecule has 0 spiro atoms. The van der Waals surface area contributed by atoms with E-state index in [1.165, 1.54) is 11.8 Å². The van der Waals surface area contributed by atoms with Gasteiger partial charge in [-0.25, -0.2) is 0 Å². The minimum atomic E-state index is 0.563. The number of thioether (sulfide) groups is 1. The Bertz CT molecular complexity index is 169. The normalized spacial score (nSPS) is 10.0. The topological polar surface area (TPSA) is 66.6 Å². The third-order valence-corrected chi connectivity index (χ3v) is 1.35. The molecule has 50 valence electrons. The predicted molar refractivity (Wildman–Crippen MR) is 32.7 cm³/mol. The summed E-state index contributed by atoms with van der Waals surface area (Å²) >= 11 is 1.44. The summed E-state index contributed by atoms with van der Waals surface area (Å²) in [6.07, 6.45) is 1.89. The first kappa shape index (κ1) is 6.57. The first-order valence-electron chi connectivity index (χ1n) is 2.52. The van der Waals surface area contributed by atoms with Crippen molar-refractivity contribution >= 4 is 11.8 Å². The van der Waals surface area contributed by atoms with E-state index in [1.807, 2.05) is 6.26 Å². The Hall–Kier alpha value is -0.550. The van der Waals surface area contributed by atoms with Crippen LogP contribution in [-0.4, -0.2) is 16.5 Å². The van der Waals surface area contributed by atoms with Gasteiger partial charge in [-0.05, 0) is 6.26 Å². The fourth-order valence-electron chi connectivity index (χ4n) is 0.422. The average Bonchev–Trinajstić information content (AvgIpc) is 2.34. The zero-order chi connectivity index (χ0) is 6.69. The zero-order valence-electron chi connectivity index (χ0n) is 5.13. The fourth-order valence-corrected chi connectivity index (χ4v) is 0.724. The van der Waals surface area contributed by atoms with Crippen LogP contribution < -0.4 is 5.73 Å². The van der Waals surface area contributed by atoms with E-state index >= 15 is 0 Å². The van der Waals surface area contributed by atoms with Crippen LogP contribution in [0, 0.1) is 0 Å². The van der Waals surface area contributed by atoms with Gasteiger partial charge in [0.05, 0.1) is 0 Å². The highest BCUT2D eigenvalue weighted by atomic mass is 32.2. The van der Waals surface area contributed by atoms with Crippen LogP contribution in [0.2, 0.25) is 0 Å². The summed E-state index contributed by atoms with van der Waals surface area (Å²) in [5, 5.41) is 8.02. The van der Waals surface area contributed by atoms with E-state index in [0.717, 1.165) is 0 Å². The lowest BCUT2D eigenvalue weighted by molar-refractivity contribution is -0.391. The molecule has 0 aliphatic rings. The van der Waals surface area contributed by atoms with Gasteiger partial charge in [-0.2, -0.15) is 0 Å². The van der Waals surface area contributed by atoms with Gasteiger partial charge in [-0.15, -0.1) is 10.2 Å². The van der Waals surface area contributed by atoms with Crippen molar-refractivity contribution in [3.05, 3.63) is 5.89 Å². The van der Waals surface area contributed by atoms with E-state index in [-0.39, 0.29) is 0 Å². The van der Waals surface area contributed by atoms with Crippen molar-refractivity contribution in [3.8, 4) is 0 Å². The molecule has 0 unspecified atom stereocenters. The minimum Gasteiger partial charge on any atom is -0.410 e. The molecular formula is C4H8N3OS+. The molecule has 0 saturated heterocycles. The Morgan fingerprint density at radius 2 is 2.44 bits per heavy atom. The van der Waals surface area contributed by atoms with Crippen LogP contribution in [0.15, 0.2) is 9.64 Å². The highest BCUT2D eigenvalue weighted by Gasteiger charge is 2.01. The van der Waals surface area contributed by atoms with Crippen molar-refractivity contribution in [1.82, 2.24) is 10.2 Å². The second kappa shape index (κ2) is 2.84. The fraction of sp³-hybridized carbons (Fsp3) is 0.500. The molecule has 0 aliphatic carbocycles. The van der Waals surface area contributed by atoms with Gasteiger partial charge in [0, 0.05) is 0 Å². The van der Waals surface area contributed by atoms with Crippen molar-refractivity contribution in [2.45, 2.75) is 11.8 Å². The molecule has 5 heteroatoms. The number of quaternary nitrogens is 1. The van der Waals surface area contributed by atoms with E-state index in [9.17, 15) is 0 Å². The zero-order valence-corrected chi connectivity index (χ0v) is 5.94. The first-order valence-corrected chi connectivity index (χ1v) is 3.75. The second-order valence-corrected chi connectivity index (χ2v) is 2.17. The Balaban J connectivity index is 2.74. The largest absolute Gasteiger partial charge is 0.410 e. The number of nitrogens with zero attached hydrogens (tertiary/aromatic N) is 2. The summed E-state index contributed by atoms with van der Waals surface area (Å²) in [7, 11) is 0. The summed E-state index contributed by atoms with van der Waals surface area (Å²) < 4.78 is 5.06. The number of aromatic nitrogens is 2. The van der Waals surface area contributed by atoms with E-state index in [4.69, 9.17) is 4.42 Å². The van der Waals surface area contributed by atoms with Crippen molar-refractivity contribution in [1.29, 1.82) is 0 Å². The third-order valence-electron chi connectivity index (χ3n) is 0.837. The van der Waals surface area contributed by atoms with Crippen LogP contribution in [0.1, 0.15) is 5.89 Å². The van der Waals surface area contributed by atoms with Crippen LogP contribution in [0.4, 0.5) is 0 Å². The Kier molecular flexibility index (Phi) is 2.07. The minimum absolute atomic E-state index is 0.563. The summed E-state index contributed by atoms with van der Waals surface area (Å²) in [5.41, 5.74) is 3.60. The predicted octanol–water partition coefficient (Wildman–Crippen LogP) is -0.467. The van der Waals surface area contributed by atoms with Crippen LogP contribution in [0.5, 0.6) is 0 Å². The molecule has 4 nitrogen and oxygen atoms in total. The highest BCUT2D eigenvalue weighted by Crippen LogP contribution is 2.10. The van der Waals surface area contributed by atoms with Crippen molar-refractivity contribution in [3.63, 3.8) is 0 Å². The van der Waals surface area contributed by atoms with Crippen molar-refractivity contribution in [2.24, 2.45) is 0 Å². The van der Waals surface area contributed by atoms with E-state index < -0.39 is 0 Å². The van der Waals surface area contributed by atoms with E-state index in [1.54, 1.807) is 0 Å². The molecule has 0 radical (unpaired) electrons.